The molecule has 0 fully saturated rings. The van der Waals surface area contributed by atoms with E-state index in [-0.39, 0.29) is 0 Å². The van der Waals surface area contributed by atoms with Gasteiger partial charge >= 0.3 is 0 Å². The number of aromatic nitrogens is 2. The number of carbonyl (C=O) groups is 2. The first-order valence-electron chi connectivity index (χ1n) is 13.6. The van der Waals surface area contributed by atoms with Crippen molar-refractivity contribution >= 4 is 23.7 Å². The van der Waals surface area contributed by atoms with Crippen molar-refractivity contribution in [1.82, 2.24) is 9.97 Å². The molecule has 0 aliphatic rings. The molecule has 0 amide bonds. The van der Waals surface area contributed by atoms with Gasteiger partial charge in [-0.25, -0.2) is 9.97 Å². The molecule has 6 rings (SSSR count). The van der Waals surface area contributed by atoms with Gasteiger partial charge in [-0.3, -0.25) is 9.59 Å². The molecule has 0 N–H and O–H groups in total. The number of carbonyl (C=O) groups excluding carboxylic acids is 2. The summed E-state index contributed by atoms with van der Waals surface area (Å²) in [4.78, 5) is 34.0. The van der Waals surface area contributed by atoms with E-state index in [9.17, 15) is 9.59 Å². The molecule has 4 nitrogen and oxygen atoms in total. The molecular weight excluding hydrogens is 516 g/mol. The summed E-state index contributed by atoms with van der Waals surface area (Å²) in [6.07, 6.45) is 1.68. The Morgan fingerprint density at radius 3 is 1.29 bits per heavy atom. The van der Waals surface area contributed by atoms with Crippen LogP contribution in [0.3, 0.4) is 0 Å². The Bertz CT molecular complexity index is 1770. The Morgan fingerprint density at radius 1 is 0.429 bits per heavy atom. The van der Waals surface area contributed by atoms with Crippen molar-refractivity contribution in [3.8, 4) is 22.5 Å². The molecule has 0 saturated heterocycles. The molecule has 42 heavy (non-hydrogen) atoms. The monoisotopic (exact) mass is 542 g/mol. The molecule has 4 aromatic carbocycles. The zero-order chi connectivity index (χ0) is 28.7. The molecule has 0 atom stereocenters. The van der Waals surface area contributed by atoms with Gasteiger partial charge in [0.15, 0.2) is 0 Å². The lowest BCUT2D eigenvalue weighted by Gasteiger charge is -2.18. The van der Waals surface area contributed by atoms with Gasteiger partial charge < -0.3 is 0 Å². The first kappa shape index (κ1) is 26.5. The van der Waals surface area contributed by atoms with Crippen molar-refractivity contribution in [2.45, 2.75) is 0 Å². The lowest BCUT2D eigenvalue weighted by atomic mass is 9.88. The SMILES string of the molecule is O=Cc1cccc(C(=C(c2cccc(-c3ccccc3)n2)c2cccc(-c3ccccc3)n2)c2cccc(C=O)c2)c1. The molecule has 0 radical (unpaired) electrons. The van der Waals surface area contributed by atoms with Crippen LogP contribution in [0.4, 0.5) is 0 Å². The Hall–Kier alpha value is -5.74. The molecule has 0 aliphatic heterocycles. The van der Waals surface area contributed by atoms with Crippen LogP contribution in [0.1, 0.15) is 43.2 Å². The van der Waals surface area contributed by atoms with Crippen LogP contribution in [0.15, 0.2) is 146 Å². The molecule has 4 heteroatoms. The van der Waals surface area contributed by atoms with Crippen molar-refractivity contribution in [2.24, 2.45) is 0 Å². The average Bonchev–Trinajstić information content (AvgIpc) is 3.08. The molecule has 0 unspecified atom stereocenters. The lowest BCUT2D eigenvalue weighted by Crippen LogP contribution is -2.03. The Balaban J connectivity index is 1.70. The first-order valence-corrected chi connectivity index (χ1v) is 13.6. The number of pyridine rings is 2. The van der Waals surface area contributed by atoms with Crippen LogP contribution in [0.25, 0.3) is 33.7 Å². The highest BCUT2D eigenvalue weighted by Gasteiger charge is 2.20. The number of rotatable bonds is 8. The van der Waals surface area contributed by atoms with E-state index < -0.39 is 0 Å². The number of benzene rings is 4. The Labute approximate surface area is 244 Å². The molecule has 0 bridgehead atoms. The third-order valence-corrected chi connectivity index (χ3v) is 7.02. The third-order valence-electron chi connectivity index (χ3n) is 7.02. The average molecular weight is 543 g/mol. The second kappa shape index (κ2) is 12.2. The first-order chi connectivity index (χ1) is 20.7. The summed E-state index contributed by atoms with van der Waals surface area (Å²) < 4.78 is 0. The Morgan fingerprint density at radius 2 is 0.857 bits per heavy atom. The molecule has 0 saturated carbocycles. The predicted octanol–water partition coefficient (Wildman–Crippen LogP) is 8.44. The van der Waals surface area contributed by atoms with Gasteiger partial charge in [-0.1, -0.05) is 109 Å². The number of aldehydes is 2. The van der Waals surface area contributed by atoms with Crippen LogP contribution in [-0.2, 0) is 0 Å². The zero-order valence-corrected chi connectivity index (χ0v) is 22.7. The van der Waals surface area contributed by atoms with Crippen molar-refractivity contribution < 1.29 is 9.59 Å². The molecular formula is C38H26N2O2. The largest absolute Gasteiger partial charge is 0.298 e. The van der Waals surface area contributed by atoms with Crippen LogP contribution in [0.5, 0.6) is 0 Å². The van der Waals surface area contributed by atoms with Crippen molar-refractivity contribution in [3.63, 3.8) is 0 Å². The van der Waals surface area contributed by atoms with Crippen LogP contribution < -0.4 is 0 Å². The van der Waals surface area contributed by atoms with Gasteiger partial charge in [0, 0.05) is 33.4 Å². The van der Waals surface area contributed by atoms with E-state index in [1.54, 1.807) is 12.1 Å². The minimum atomic E-state index is 0.549. The molecule has 2 aromatic heterocycles. The summed E-state index contributed by atoms with van der Waals surface area (Å²) in [7, 11) is 0. The minimum Gasteiger partial charge on any atom is -0.298 e. The standard InChI is InChI=1S/C38H26N2O2/c41-25-27-11-7-17-31(23-27)37(32-18-8-12-28(24-32)26-42)38(35-21-9-19-33(39-35)29-13-3-1-4-14-29)36-22-10-20-34(40-36)30-15-5-2-6-16-30/h1-26H. The highest BCUT2D eigenvalue weighted by atomic mass is 16.1. The highest BCUT2D eigenvalue weighted by molar-refractivity contribution is 6.04. The smallest absolute Gasteiger partial charge is 0.150 e. The Kier molecular flexibility index (Phi) is 7.69. The van der Waals surface area contributed by atoms with Crippen molar-refractivity contribution in [1.29, 1.82) is 0 Å². The maximum Gasteiger partial charge on any atom is 0.150 e. The summed E-state index contributed by atoms with van der Waals surface area (Å²) in [6.45, 7) is 0. The van der Waals surface area contributed by atoms with Gasteiger partial charge in [-0.15, -0.1) is 0 Å². The topological polar surface area (TPSA) is 59.9 Å². The second-order valence-corrected chi connectivity index (χ2v) is 9.78. The fourth-order valence-corrected chi connectivity index (χ4v) is 5.06. The third kappa shape index (κ3) is 5.60. The fourth-order valence-electron chi connectivity index (χ4n) is 5.06. The van der Waals surface area contributed by atoms with E-state index in [2.05, 4.69) is 0 Å². The molecule has 0 aliphatic carbocycles. The van der Waals surface area contributed by atoms with Crippen molar-refractivity contribution in [2.75, 3.05) is 0 Å². The van der Waals surface area contributed by atoms with E-state index in [1.807, 2.05) is 133 Å². The maximum absolute atomic E-state index is 11.8. The van der Waals surface area contributed by atoms with E-state index in [0.29, 0.717) is 11.1 Å². The van der Waals surface area contributed by atoms with Crippen LogP contribution in [0.2, 0.25) is 0 Å². The predicted molar refractivity (Wildman–Crippen MR) is 168 cm³/mol. The van der Waals surface area contributed by atoms with Gasteiger partial charge in [-0.2, -0.15) is 0 Å². The summed E-state index contributed by atoms with van der Waals surface area (Å²) in [6, 6.07) is 46.9. The van der Waals surface area contributed by atoms with Crippen LogP contribution >= 0.6 is 0 Å². The lowest BCUT2D eigenvalue weighted by molar-refractivity contribution is 0.111. The van der Waals surface area contributed by atoms with Crippen molar-refractivity contribution in [3.05, 3.63) is 179 Å². The van der Waals surface area contributed by atoms with Crippen LogP contribution in [0, 0.1) is 0 Å². The molecule has 6 aromatic rings. The van der Waals surface area contributed by atoms with Crippen LogP contribution in [-0.4, -0.2) is 22.5 Å². The molecule has 2 heterocycles. The van der Waals surface area contributed by atoms with Gasteiger partial charge in [0.25, 0.3) is 0 Å². The zero-order valence-electron chi connectivity index (χ0n) is 22.7. The van der Waals surface area contributed by atoms with Gasteiger partial charge in [0.2, 0.25) is 0 Å². The summed E-state index contributed by atoms with van der Waals surface area (Å²) in [5.41, 5.74) is 9.42. The molecule has 0 spiro atoms. The fraction of sp³-hybridized carbons (Fsp3) is 0. The maximum atomic E-state index is 11.8. The summed E-state index contributed by atoms with van der Waals surface area (Å²) >= 11 is 0. The number of nitrogens with zero attached hydrogens (tertiary/aromatic N) is 2. The summed E-state index contributed by atoms with van der Waals surface area (Å²) in [5.74, 6) is 0. The number of hydrogen-bond acceptors (Lipinski definition) is 4. The normalized spacial score (nSPS) is 10.6. The van der Waals surface area contributed by atoms with E-state index in [0.717, 1.165) is 68.7 Å². The van der Waals surface area contributed by atoms with Gasteiger partial charge in [-0.05, 0) is 47.5 Å². The van der Waals surface area contributed by atoms with E-state index >= 15 is 0 Å². The highest BCUT2D eigenvalue weighted by Crippen LogP contribution is 2.37. The number of hydrogen-bond donors (Lipinski definition) is 0. The quantitative estimate of drug-likeness (QED) is 0.181. The minimum absolute atomic E-state index is 0.549. The van der Waals surface area contributed by atoms with E-state index in [4.69, 9.17) is 9.97 Å². The van der Waals surface area contributed by atoms with Gasteiger partial charge in [0.1, 0.15) is 12.6 Å². The van der Waals surface area contributed by atoms with E-state index in [1.165, 1.54) is 0 Å². The second-order valence-electron chi connectivity index (χ2n) is 9.78. The summed E-state index contributed by atoms with van der Waals surface area (Å²) in [5, 5.41) is 0. The van der Waals surface area contributed by atoms with Gasteiger partial charge in [0.05, 0.1) is 22.8 Å². The molecule has 200 valence electrons.